The van der Waals surface area contributed by atoms with Crippen LogP contribution in [-0.2, 0) is 12.8 Å². The standard InChI is InChI=1S/C15H15F3N4OS/c1-8(2)7-24-13-12-20-21-14(15(16,17)18)22(12)11-4-3-9(6-23)5-10(11)19-13/h3-5,8,23H,6-7H2,1-2H3. The molecule has 0 saturated heterocycles. The number of thioether (sulfide) groups is 1. The van der Waals surface area contributed by atoms with Crippen molar-refractivity contribution < 1.29 is 18.3 Å². The van der Waals surface area contributed by atoms with Crippen LogP contribution >= 0.6 is 11.8 Å². The lowest BCUT2D eigenvalue weighted by Crippen LogP contribution is -2.12. The lowest BCUT2D eigenvalue weighted by molar-refractivity contribution is -0.145. The van der Waals surface area contributed by atoms with E-state index in [1.165, 1.54) is 17.8 Å². The molecule has 5 nitrogen and oxygen atoms in total. The molecule has 24 heavy (non-hydrogen) atoms. The largest absolute Gasteiger partial charge is 0.452 e. The van der Waals surface area contributed by atoms with Crippen molar-refractivity contribution in [2.75, 3.05) is 5.75 Å². The van der Waals surface area contributed by atoms with Crippen LogP contribution in [0.15, 0.2) is 23.2 Å². The maximum absolute atomic E-state index is 13.3. The molecule has 0 saturated carbocycles. The van der Waals surface area contributed by atoms with E-state index in [4.69, 9.17) is 0 Å². The van der Waals surface area contributed by atoms with Crippen molar-refractivity contribution in [1.82, 2.24) is 19.6 Å². The van der Waals surface area contributed by atoms with Crippen LogP contribution < -0.4 is 0 Å². The van der Waals surface area contributed by atoms with E-state index in [9.17, 15) is 18.3 Å². The summed E-state index contributed by atoms with van der Waals surface area (Å²) in [6.45, 7) is 3.82. The molecule has 0 spiro atoms. The van der Waals surface area contributed by atoms with E-state index < -0.39 is 12.0 Å². The van der Waals surface area contributed by atoms with Gasteiger partial charge < -0.3 is 5.11 Å². The topological polar surface area (TPSA) is 63.3 Å². The predicted molar refractivity (Wildman–Crippen MR) is 84.8 cm³/mol. The van der Waals surface area contributed by atoms with E-state index in [1.807, 2.05) is 13.8 Å². The number of aliphatic hydroxyl groups is 1. The van der Waals surface area contributed by atoms with Gasteiger partial charge in [0.1, 0.15) is 5.03 Å². The average molecular weight is 356 g/mol. The molecule has 0 amide bonds. The van der Waals surface area contributed by atoms with E-state index >= 15 is 0 Å². The molecule has 1 N–H and O–H groups in total. The third-order valence-corrected chi connectivity index (χ3v) is 4.73. The summed E-state index contributed by atoms with van der Waals surface area (Å²) in [4.78, 5) is 4.44. The zero-order chi connectivity index (χ0) is 17.5. The highest BCUT2D eigenvalue weighted by molar-refractivity contribution is 7.99. The Bertz CT molecular complexity index is 892. The number of aliphatic hydroxyl groups excluding tert-OH is 1. The summed E-state index contributed by atoms with van der Waals surface area (Å²) >= 11 is 1.35. The Hall–Kier alpha value is -1.87. The van der Waals surface area contributed by atoms with Crippen LogP contribution in [0.25, 0.3) is 16.7 Å². The second-order valence-electron chi connectivity index (χ2n) is 5.78. The molecule has 0 radical (unpaired) electrons. The predicted octanol–water partition coefficient (Wildman–Crippen LogP) is 3.54. The monoisotopic (exact) mass is 356 g/mol. The fourth-order valence-electron chi connectivity index (χ4n) is 2.28. The molecule has 3 aromatic rings. The number of rotatable bonds is 4. The first kappa shape index (κ1) is 17.0. The Morgan fingerprint density at radius 2 is 2.00 bits per heavy atom. The minimum absolute atomic E-state index is 0.0947. The first-order chi connectivity index (χ1) is 11.3. The van der Waals surface area contributed by atoms with Gasteiger partial charge in [0.25, 0.3) is 0 Å². The Kier molecular flexibility index (Phi) is 4.39. The van der Waals surface area contributed by atoms with Gasteiger partial charge in [0.15, 0.2) is 5.65 Å². The van der Waals surface area contributed by atoms with E-state index in [-0.39, 0.29) is 17.8 Å². The second-order valence-corrected chi connectivity index (χ2v) is 6.79. The minimum atomic E-state index is -4.62. The molecule has 3 rings (SSSR count). The van der Waals surface area contributed by atoms with Crippen molar-refractivity contribution in [2.45, 2.75) is 31.7 Å². The van der Waals surface area contributed by atoms with Crippen molar-refractivity contribution in [1.29, 1.82) is 0 Å². The van der Waals surface area contributed by atoms with E-state index in [2.05, 4.69) is 15.2 Å². The summed E-state index contributed by atoms with van der Waals surface area (Å²) in [6.07, 6.45) is -4.62. The quantitative estimate of drug-likeness (QED) is 0.725. The van der Waals surface area contributed by atoms with Gasteiger partial charge in [-0.15, -0.1) is 22.0 Å². The lowest BCUT2D eigenvalue weighted by Gasteiger charge is -2.11. The summed E-state index contributed by atoms with van der Waals surface area (Å²) in [5.41, 5.74) is 1.30. The van der Waals surface area contributed by atoms with E-state index in [0.29, 0.717) is 27.8 Å². The number of hydrogen-bond acceptors (Lipinski definition) is 5. The van der Waals surface area contributed by atoms with Crippen molar-refractivity contribution >= 4 is 28.4 Å². The van der Waals surface area contributed by atoms with Crippen LogP contribution in [0.2, 0.25) is 0 Å². The van der Waals surface area contributed by atoms with Gasteiger partial charge in [0.2, 0.25) is 5.82 Å². The zero-order valence-electron chi connectivity index (χ0n) is 13.0. The van der Waals surface area contributed by atoms with Crippen LogP contribution in [0.1, 0.15) is 25.2 Å². The molecular weight excluding hydrogens is 341 g/mol. The Morgan fingerprint density at radius 3 is 2.62 bits per heavy atom. The van der Waals surface area contributed by atoms with Gasteiger partial charge in [-0.05, 0) is 23.6 Å². The summed E-state index contributed by atoms with van der Waals surface area (Å²) in [5, 5.41) is 16.7. The van der Waals surface area contributed by atoms with Crippen LogP contribution in [0.5, 0.6) is 0 Å². The molecule has 0 aliphatic rings. The second kappa shape index (κ2) is 6.21. The molecule has 0 aliphatic carbocycles. The van der Waals surface area contributed by atoms with Crippen molar-refractivity contribution in [3.05, 3.63) is 29.6 Å². The Morgan fingerprint density at radius 1 is 1.25 bits per heavy atom. The molecule has 2 aromatic heterocycles. The van der Waals surface area contributed by atoms with Gasteiger partial charge in [0, 0.05) is 5.75 Å². The first-order valence-electron chi connectivity index (χ1n) is 7.30. The van der Waals surface area contributed by atoms with Gasteiger partial charge in [-0.25, -0.2) is 4.98 Å². The summed E-state index contributed by atoms with van der Waals surface area (Å²) in [7, 11) is 0. The molecule has 0 aliphatic heterocycles. The number of fused-ring (bicyclic) bond motifs is 3. The zero-order valence-corrected chi connectivity index (χ0v) is 13.8. The van der Waals surface area contributed by atoms with Gasteiger partial charge in [-0.3, -0.25) is 4.40 Å². The molecule has 0 bridgehead atoms. The summed E-state index contributed by atoms with van der Waals surface area (Å²) < 4.78 is 40.8. The Labute approximate surface area is 139 Å². The van der Waals surface area contributed by atoms with Gasteiger partial charge in [0.05, 0.1) is 17.6 Å². The van der Waals surface area contributed by atoms with Crippen molar-refractivity contribution in [3.63, 3.8) is 0 Å². The maximum atomic E-state index is 13.3. The van der Waals surface area contributed by atoms with Crippen LogP contribution in [0, 0.1) is 5.92 Å². The first-order valence-corrected chi connectivity index (χ1v) is 8.28. The number of hydrogen-bond donors (Lipinski definition) is 1. The highest BCUT2D eigenvalue weighted by Crippen LogP contribution is 2.33. The normalized spacial score (nSPS) is 12.6. The highest BCUT2D eigenvalue weighted by Gasteiger charge is 2.38. The minimum Gasteiger partial charge on any atom is -0.392 e. The van der Waals surface area contributed by atoms with Crippen LogP contribution in [0.4, 0.5) is 13.2 Å². The molecule has 1 aromatic carbocycles. The molecule has 9 heteroatoms. The Balaban J connectivity index is 2.31. The highest BCUT2D eigenvalue weighted by atomic mass is 32.2. The maximum Gasteiger partial charge on any atom is 0.452 e. The summed E-state index contributed by atoms with van der Waals surface area (Å²) in [5.74, 6) is -0.0309. The number of aromatic nitrogens is 4. The van der Waals surface area contributed by atoms with Gasteiger partial charge in [-0.2, -0.15) is 13.2 Å². The van der Waals surface area contributed by atoms with Gasteiger partial charge >= 0.3 is 6.18 Å². The molecule has 128 valence electrons. The smallest absolute Gasteiger partial charge is 0.392 e. The molecule has 2 heterocycles. The third-order valence-electron chi connectivity index (χ3n) is 3.35. The van der Waals surface area contributed by atoms with Crippen molar-refractivity contribution in [2.24, 2.45) is 5.92 Å². The third kappa shape index (κ3) is 3.05. The number of alkyl halides is 3. The average Bonchev–Trinajstić information content (AvgIpc) is 2.97. The fourth-order valence-corrected chi connectivity index (χ4v) is 3.20. The fraction of sp³-hybridized carbons (Fsp3) is 0.400. The molecule has 0 unspecified atom stereocenters. The molecule has 0 atom stereocenters. The van der Waals surface area contributed by atoms with Crippen LogP contribution in [0.3, 0.4) is 0 Å². The van der Waals surface area contributed by atoms with Crippen molar-refractivity contribution in [3.8, 4) is 0 Å². The SMILES string of the molecule is CC(C)CSc1nc2cc(CO)ccc2n2c(C(F)(F)F)nnc12. The van der Waals surface area contributed by atoms with Gasteiger partial charge in [-0.1, -0.05) is 19.9 Å². The number of nitrogens with zero attached hydrogens (tertiary/aromatic N) is 4. The summed E-state index contributed by atoms with van der Waals surface area (Å²) in [6, 6.07) is 4.63. The lowest BCUT2D eigenvalue weighted by atomic mass is 10.2. The van der Waals surface area contributed by atoms with E-state index in [1.54, 1.807) is 12.1 Å². The molecular formula is C15H15F3N4OS. The molecule has 0 fully saturated rings. The number of halogens is 3. The van der Waals surface area contributed by atoms with Crippen LogP contribution in [-0.4, -0.2) is 30.4 Å². The van der Waals surface area contributed by atoms with E-state index in [0.717, 1.165) is 4.40 Å². The number of benzene rings is 1.